The topological polar surface area (TPSA) is 40.6 Å². The van der Waals surface area contributed by atoms with E-state index in [4.69, 9.17) is 14.2 Å². The third-order valence-corrected chi connectivity index (χ3v) is 2.36. The lowest BCUT2D eigenvalue weighted by Crippen LogP contribution is -2.03. The summed E-state index contributed by atoms with van der Waals surface area (Å²) in [5.41, 5.74) is 0. The standard InChI is InChI=1S/C10H14INO3/c1-13-4-3-5-15-8-6-10(11)12-7-9(8)14-2/h6-7H,3-5H2,1-2H3. The molecule has 5 heteroatoms. The van der Waals surface area contributed by atoms with Gasteiger partial charge in [0.2, 0.25) is 0 Å². The molecule has 0 saturated heterocycles. The summed E-state index contributed by atoms with van der Waals surface area (Å²) >= 11 is 2.14. The molecule has 0 bridgehead atoms. The second-order valence-electron chi connectivity index (χ2n) is 2.85. The van der Waals surface area contributed by atoms with Crippen LogP contribution in [0, 0.1) is 3.70 Å². The zero-order valence-electron chi connectivity index (χ0n) is 8.83. The first kappa shape index (κ1) is 12.5. The van der Waals surface area contributed by atoms with Crippen LogP contribution >= 0.6 is 22.6 Å². The predicted octanol–water partition coefficient (Wildman–Crippen LogP) is 2.11. The third kappa shape index (κ3) is 4.21. The van der Waals surface area contributed by atoms with E-state index in [0.717, 1.165) is 15.9 Å². The Hall–Kier alpha value is -0.560. The Bertz CT molecular complexity index is 307. The number of halogens is 1. The van der Waals surface area contributed by atoms with Gasteiger partial charge in [0.1, 0.15) is 3.70 Å². The second kappa shape index (κ2) is 6.84. The molecule has 0 amide bonds. The molecule has 1 aromatic heterocycles. The van der Waals surface area contributed by atoms with Crippen LogP contribution in [0.1, 0.15) is 6.42 Å². The van der Waals surface area contributed by atoms with Gasteiger partial charge in [0, 0.05) is 26.2 Å². The van der Waals surface area contributed by atoms with Crippen LogP contribution in [-0.4, -0.2) is 32.4 Å². The Kier molecular flexibility index (Phi) is 5.70. The van der Waals surface area contributed by atoms with Crippen LogP contribution in [0.2, 0.25) is 0 Å². The molecule has 0 atom stereocenters. The van der Waals surface area contributed by atoms with E-state index in [-0.39, 0.29) is 0 Å². The van der Waals surface area contributed by atoms with Gasteiger partial charge in [-0.25, -0.2) is 4.98 Å². The van der Waals surface area contributed by atoms with E-state index < -0.39 is 0 Å². The number of hydrogen-bond acceptors (Lipinski definition) is 4. The molecule has 1 aromatic rings. The van der Waals surface area contributed by atoms with E-state index in [9.17, 15) is 0 Å². The van der Waals surface area contributed by atoms with E-state index >= 15 is 0 Å². The van der Waals surface area contributed by atoms with Crippen molar-refractivity contribution >= 4 is 22.6 Å². The second-order valence-corrected chi connectivity index (χ2v) is 3.96. The van der Waals surface area contributed by atoms with Crippen molar-refractivity contribution in [2.75, 3.05) is 27.4 Å². The molecule has 0 aromatic carbocycles. The first-order valence-electron chi connectivity index (χ1n) is 4.59. The van der Waals surface area contributed by atoms with Crippen molar-refractivity contribution in [3.05, 3.63) is 16.0 Å². The highest BCUT2D eigenvalue weighted by molar-refractivity contribution is 14.1. The maximum absolute atomic E-state index is 5.56. The number of nitrogens with zero attached hydrogens (tertiary/aromatic N) is 1. The van der Waals surface area contributed by atoms with Gasteiger partial charge in [0.15, 0.2) is 11.5 Å². The van der Waals surface area contributed by atoms with Crippen LogP contribution in [0.4, 0.5) is 0 Å². The van der Waals surface area contributed by atoms with Crippen molar-refractivity contribution in [1.82, 2.24) is 4.98 Å². The molecule has 0 aliphatic rings. The van der Waals surface area contributed by atoms with Gasteiger partial charge in [0.25, 0.3) is 0 Å². The Morgan fingerprint density at radius 1 is 1.27 bits per heavy atom. The van der Waals surface area contributed by atoms with Crippen LogP contribution in [0.5, 0.6) is 11.5 Å². The molecule has 84 valence electrons. The quantitative estimate of drug-likeness (QED) is 0.457. The average molecular weight is 323 g/mol. The van der Waals surface area contributed by atoms with E-state index in [2.05, 4.69) is 27.6 Å². The Balaban J connectivity index is 2.54. The van der Waals surface area contributed by atoms with Gasteiger partial charge in [-0.2, -0.15) is 0 Å². The molecule has 0 aliphatic heterocycles. The third-order valence-electron chi connectivity index (χ3n) is 1.77. The van der Waals surface area contributed by atoms with Crippen LogP contribution in [0.25, 0.3) is 0 Å². The fourth-order valence-electron chi connectivity index (χ4n) is 1.05. The molecule has 0 saturated carbocycles. The normalized spacial score (nSPS) is 10.1. The van der Waals surface area contributed by atoms with Crippen molar-refractivity contribution in [3.8, 4) is 11.5 Å². The lowest BCUT2D eigenvalue weighted by molar-refractivity contribution is 0.170. The summed E-state index contributed by atoms with van der Waals surface area (Å²) in [6.45, 7) is 1.31. The summed E-state index contributed by atoms with van der Waals surface area (Å²) in [5.74, 6) is 1.39. The SMILES string of the molecule is COCCCOc1cc(I)ncc1OC. The monoisotopic (exact) mass is 323 g/mol. The zero-order valence-corrected chi connectivity index (χ0v) is 11.0. The van der Waals surface area contributed by atoms with E-state index in [1.807, 2.05) is 6.07 Å². The largest absolute Gasteiger partial charge is 0.491 e. The molecule has 0 fully saturated rings. The molecule has 1 heterocycles. The average Bonchev–Trinajstić information content (AvgIpc) is 2.25. The minimum Gasteiger partial charge on any atom is -0.491 e. The van der Waals surface area contributed by atoms with Crippen molar-refractivity contribution in [3.63, 3.8) is 0 Å². The smallest absolute Gasteiger partial charge is 0.179 e. The van der Waals surface area contributed by atoms with Gasteiger partial charge in [-0.3, -0.25) is 0 Å². The summed E-state index contributed by atoms with van der Waals surface area (Å²) in [6, 6.07) is 1.85. The fourth-order valence-corrected chi connectivity index (χ4v) is 1.47. The van der Waals surface area contributed by atoms with Crippen molar-refractivity contribution in [2.24, 2.45) is 0 Å². The fraction of sp³-hybridized carbons (Fsp3) is 0.500. The number of methoxy groups -OCH3 is 2. The number of hydrogen-bond donors (Lipinski definition) is 0. The highest BCUT2D eigenvalue weighted by Crippen LogP contribution is 2.26. The minimum absolute atomic E-state index is 0.615. The summed E-state index contributed by atoms with van der Waals surface area (Å²) in [4.78, 5) is 4.11. The number of rotatable bonds is 6. The van der Waals surface area contributed by atoms with Crippen LogP contribution in [-0.2, 0) is 4.74 Å². The molecule has 0 spiro atoms. The predicted molar refractivity (Wildman–Crippen MR) is 65.5 cm³/mol. The Morgan fingerprint density at radius 3 is 2.73 bits per heavy atom. The maximum Gasteiger partial charge on any atom is 0.179 e. The van der Waals surface area contributed by atoms with Gasteiger partial charge < -0.3 is 14.2 Å². The summed E-state index contributed by atoms with van der Waals surface area (Å²) in [7, 11) is 3.28. The summed E-state index contributed by atoms with van der Waals surface area (Å²) in [6.07, 6.45) is 2.52. The molecule has 4 nitrogen and oxygen atoms in total. The highest BCUT2D eigenvalue weighted by Gasteiger charge is 2.05. The Morgan fingerprint density at radius 2 is 2.07 bits per heavy atom. The van der Waals surface area contributed by atoms with Crippen molar-refractivity contribution in [2.45, 2.75) is 6.42 Å². The summed E-state index contributed by atoms with van der Waals surface area (Å²) in [5, 5.41) is 0. The molecule has 1 rings (SSSR count). The van der Waals surface area contributed by atoms with Crippen molar-refractivity contribution in [1.29, 1.82) is 0 Å². The summed E-state index contributed by atoms with van der Waals surface area (Å²) < 4.78 is 16.5. The lowest BCUT2D eigenvalue weighted by Gasteiger charge is -2.09. The molecule has 0 aliphatic carbocycles. The molecule has 0 N–H and O–H groups in total. The van der Waals surface area contributed by atoms with E-state index in [1.165, 1.54) is 0 Å². The number of pyridine rings is 1. The molecular weight excluding hydrogens is 309 g/mol. The van der Waals surface area contributed by atoms with Crippen LogP contribution in [0.15, 0.2) is 12.3 Å². The molecular formula is C10H14INO3. The zero-order chi connectivity index (χ0) is 11.1. The molecule has 15 heavy (non-hydrogen) atoms. The number of aromatic nitrogens is 1. The maximum atomic E-state index is 5.56. The lowest BCUT2D eigenvalue weighted by atomic mass is 10.4. The van der Waals surface area contributed by atoms with E-state index in [0.29, 0.717) is 19.0 Å². The first-order valence-corrected chi connectivity index (χ1v) is 5.67. The highest BCUT2D eigenvalue weighted by atomic mass is 127. The van der Waals surface area contributed by atoms with Crippen LogP contribution < -0.4 is 9.47 Å². The van der Waals surface area contributed by atoms with E-state index in [1.54, 1.807) is 20.4 Å². The minimum atomic E-state index is 0.615. The van der Waals surface area contributed by atoms with Gasteiger partial charge in [-0.1, -0.05) is 0 Å². The molecule has 0 unspecified atom stereocenters. The van der Waals surface area contributed by atoms with Gasteiger partial charge >= 0.3 is 0 Å². The van der Waals surface area contributed by atoms with Gasteiger partial charge in [-0.05, 0) is 22.6 Å². The first-order chi connectivity index (χ1) is 7.27. The van der Waals surface area contributed by atoms with Gasteiger partial charge in [-0.15, -0.1) is 0 Å². The molecule has 0 radical (unpaired) electrons. The number of ether oxygens (including phenoxy) is 3. The Labute approximate surface area is 103 Å². The van der Waals surface area contributed by atoms with Crippen LogP contribution in [0.3, 0.4) is 0 Å². The van der Waals surface area contributed by atoms with Crippen molar-refractivity contribution < 1.29 is 14.2 Å². The van der Waals surface area contributed by atoms with Gasteiger partial charge in [0.05, 0.1) is 19.9 Å².